The molecule has 0 aliphatic carbocycles. The molecule has 4 aromatic rings. The van der Waals surface area contributed by atoms with Crippen molar-refractivity contribution in [2.45, 2.75) is 66.8 Å². The average molecular weight is 829 g/mol. The molecule has 4 atom stereocenters. The third-order valence-electron chi connectivity index (χ3n) is 10.3. The van der Waals surface area contributed by atoms with Crippen LogP contribution in [0.3, 0.4) is 0 Å². The molecule has 0 unspecified atom stereocenters. The molecule has 320 valence electrons. The van der Waals surface area contributed by atoms with Crippen molar-refractivity contribution in [3.05, 3.63) is 119 Å². The van der Waals surface area contributed by atoms with Crippen molar-refractivity contribution in [3.8, 4) is 0 Å². The summed E-state index contributed by atoms with van der Waals surface area (Å²) >= 11 is 0. The van der Waals surface area contributed by atoms with Crippen molar-refractivity contribution < 1.29 is 67.1 Å². The SMILES string of the molecule is CC[C@@H]1C(=O)OC[C@@H]1Cc1c[n+](C)cn1COC(=O)c1ccccc1C.CC[C@@H]1C(=O)OC[C@@H]1Cc1c[n+](C)cn1COC(=O)c1ccccc1C.O=C([O-])/C=C/C(=O)[O-]. The number of rotatable bonds is 14. The Labute approximate surface area is 348 Å². The molecule has 60 heavy (non-hydrogen) atoms. The molecule has 2 saturated heterocycles. The molecule has 4 heterocycles. The van der Waals surface area contributed by atoms with E-state index in [0.717, 1.165) is 35.4 Å². The van der Waals surface area contributed by atoms with Gasteiger partial charge in [0, 0.05) is 24.7 Å². The molecule has 0 N–H and O–H groups in total. The van der Waals surface area contributed by atoms with Gasteiger partial charge in [-0.2, -0.15) is 9.13 Å². The second kappa shape index (κ2) is 22.0. The smallest absolute Gasteiger partial charge is 0.341 e. The summed E-state index contributed by atoms with van der Waals surface area (Å²) in [6, 6.07) is 14.7. The number of aromatic nitrogens is 4. The maximum Gasteiger partial charge on any atom is 0.341 e. The van der Waals surface area contributed by atoms with Gasteiger partial charge < -0.3 is 38.7 Å². The van der Waals surface area contributed by atoms with Gasteiger partial charge in [-0.25, -0.2) is 18.7 Å². The lowest BCUT2D eigenvalue weighted by Gasteiger charge is -2.12. The van der Waals surface area contributed by atoms with Gasteiger partial charge in [-0.1, -0.05) is 50.2 Å². The number of carboxylic acids is 2. The second-order valence-electron chi connectivity index (χ2n) is 14.7. The molecule has 2 fully saturated rings. The highest BCUT2D eigenvalue weighted by Crippen LogP contribution is 2.29. The minimum atomic E-state index is -1.55. The number of hydrogen-bond donors (Lipinski definition) is 0. The van der Waals surface area contributed by atoms with Crippen molar-refractivity contribution in [1.29, 1.82) is 0 Å². The van der Waals surface area contributed by atoms with Crippen molar-refractivity contribution in [1.82, 2.24) is 9.13 Å². The number of nitrogens with zero attached hydrogens (tertiary/aromatic N) is 4. The highest BCUT2D eigenvalue weighted by atomic mass is 16.6. The van der Waals surface area contributed by atoms with Crippen LogP contribution in [0.5, 0.6) is 0 Å². The third kappa shape index (κ3) is 13.0. The number of carbonyl (C=O) groups is 6. The standard InChI is InChI=1S/2C20H25N2O4.C4H4O4/c2*1-4-17-15(11-25-19(17)23)9-16-10-21(3)12-22(16)13-26-20(24)18-8-6-5-7-14(18)2;5-3(6)1-2-4(7)8/h2*5-8,10,12,15,17H,4,9,11,13H2,1-3H3;1-2H,(H,5,6)(H,7,8)/q2*+1;/p-2/b;;2-1+/t2*15-,17-;/m00./s1. The van der Waals surface area contributed by atoms with Crippen LogP contribution in [0.4, 0.5) is 0 Å². The van der Waals surface area contributed by atoms with Crippen molar-refractivity contribution >= 4 is 35.8 Å². The number of benzene rings is 2. The topological polar surface area (TPSA) is 203 Å². The number of hydrogen-bond acceptors (Lipinski definition) is 12. The van der Waals surface area contributed by atoms with Gasteiger partial charge in [-0.3, -0.25) is 9.59 Å². The van der Waals surface area contributed by atoms with E-state index in [1.54, 1.807) is 12.1 Å². The first-order valence-electron chi connectivity index (χ1n) is 19.6. The van der Waals surface area contributed by atoms with E-state index in [1.807, 2.05) is 122 Å². The summed E-state index contributed by atoms with van der Waals surface area (Å²) in [7, 11) is 3.85. The van der Waals surface area contributed by atoms with E-state index < -0.39 is 11.9 Å². The fraction of sp³-hybridized carbons (Fsp3) is 0.409. The largest absolute Gasteiger partial charge is 0.545 e. The summed E-state index contributed by atoms with van der Waals surface area (Å²) in [5.41, 5.74) is 4.97. The van der Waals surface area contributed by atoms with E-state index in [9.17, 15) is 39.0 Å². The Morgan fingerprint density at radius 3 is 1.38 bits per heavy atom. The maximum atomic E-state index is 12.3. The number of aryl methyl sites for hydroxylation is 4. The Balaban J connectivity index is 0.000000224. The van der Waals surface area contributed by atoms with Crippen LogP contribution in [-0.2, 0) is 78.5 Å². The average Bonchev–Trinajstić information content (AvgIpc) is 3.97. The molecule has 0 saturated carbocycles. The summed E-state index contributed by atoms with van der Waals surface area (Å²) < 4.78 is 29.1. The zero-order valence-corrected chi connectivity index (χ0v) is 34.7. The van der Waals surface area contributed by atoms with Crippen LogP contribution in [0, 0.1) is 37.5 Å². The van der Waals surface area contributed by atoms with E-state index in [-0.39, 0.29) is 61.0 Å². The van der Waals surface area contributed by atoms with E-state index in [0.29, 0.717) is 49.3 Å². The van der Waals surface area contributed by atoms with Gasteiger partial charge in [0.25, 0.3) is 0 Å². The van der Waals surface area contributed by atoms with Crippen LogP contribution in [-0.4, -0.2) is 58.2 Å². The molecule has 0 amide bonds. The first-order valence-corrected chi connectivity index (χ1v) is 19.6. The molecule has 0 spiro atoms. The maximum absolute atomic E-state index is 12.3. The van der Waals surface area contributed by atoms with Crippen LogP contribution in [0.1, 0.15) is 69.9 Å². The van der Waals surface area contributed by atoms with Crippen LogP contribution in [0.15, 0.2) is 85.7 Å². The molecule has 16 heteroatoms. The van der Waals surface area contributed by atoms with E-state index in [1.165, 1.54) is 0 Å². The fourth-order valence-corrected chi connectivity index (χ4v) is 7.15. The van der Waals surface area contributed by atoms with Crippen molar-refractivity contribution in [3.63, 3.8) is 0 Å². The Kier molecular flexibility index (Phi) is 16.9. The number of cyclic esters (lactones) is 2. The molecular weight excluding hydrogens is 777 g/mol. The Morgan fingerprint density at radius 2 is 1.05 bits per heavy atom. The van der Waals surface area contributed by atoms with Gasteiger partial charge in [0.05, 0.1) is 62.2 Å². The van der Waals surface area contributed by atoms with Crippen molar-refractivity contribution in [2.24, 2.45) is 37.8 Å². The minimum Gasteiger partial charge on any atom is -0.545 e. The highest BCUT2D eigenvalue weighted by molar-refractivity contribution is 5.91. The lowest BCUT2D eigenvalue weighted by atomic mass is 9.89. The number of esters is 4. The molecule has 6 rings (SSSR count). The molecule has 2 aliphatic heterocycles. The quantitative estimate of drug-likeness (QED) is 0.0767. The lowest BCUT2D eigenvalue weighted by molar-refractivity contribution is -0.671. The van der Waals surface area contributed by atoms with E-state index in [2.05, 4.69) is 0 Å². The Morgan fingerprint density at radius 1 is 0.683 bits per heavy atom. The molecule has 0 bridgehead atoms. The predicted molar refractivity (Wildman–Crippen MR) is 207 cm³/mol. The van der Waals surface area contributed by atoms with Crippen LogP contribution >= 0.6 is 0 Å². The molecular formula is C44H52N4O12. The summed E-state index contributed by atoms with van der Waals surface area (Å²) in [4.78, 5) is 67.1. The minimum absolute atomic E-state index is 0.0572. The number of aliphatic carboxylic acids is 2. The summed E-state index contributed by atoms with van der Waals surface area (Å²) in [6.07, 6.45) is 11.5. The van der Waals surface area contributed by atoms with Gasteiger partial charge in [-0.15, -0.1) is 0 Å². The number of carboxylic acid groups (broad SMARTS) is 2. The molecule has 0 radical (unpaired) electrons. The Bertz CT molecular complexity index is 2040. The van der Waals surface area contributed by atoms with Crippen LogP contribution < -0.4 is 19.3 Å². The predicted octanol–water partition coefficient (Wildman–Crippen LogP) is 1.40. The third-order valence-corrected chi connectivity index (χ3v) is 10.3. The van der Waals surface area contributed by atoms with Gasteiger partial charge >= 0.3 is 23.9 Å². The summed E-state index contributed by atoms with van der Waals surface area (Å²) in [5, 5.41) is 18.8. The van der Waals surface area contributed by atoms with E-state index in [4.69, 9.17) is 18.9 Å². The van der Waals surface area contributed by atoms with E-state index >= 15 is 0 Å². The first kappa shape index (κ1) is 46.1. The zero-order valence-electron chi connectivity index (χ0n) is 34.7. The van der Waals surface area contributed by atoms with Crippen molar-refractivity contribution in [2.75, 3.05) is 13.2 Å². The molecule has 2 aliphatic rings. The Hall–Kier alpha value is -6.58. The second-order valence-corrected chi connectivity index (χ2v) is 14.7. The molecule has 2 aromatic heterocycles. The number of carbonyl (C=O) groups excluding carboxylic acids is 6. The van der Waals surface area contributed by atoms with Gasteiger partial charge in [0.15, 0.2) is 0 Å². The summed E-state index contributed by atoms with van der Waals surface area (Å²) in [6.45, 7) is 8.98. The monoisotopic (exact) mass is 828 g/mol. The van der Waals surface area contributed by atoms with Gasteiger partial charge in [0.2, 0.25) is 26.1 Å². The van der Waals surface area contributed by atoms with Crippen LogP contribution in [0.25, 0.3) is 0 Å². The highest BCUT2D eigenvalue weighted by Gasteiger charge is 2.38. The fourth-order valence-electron chi connectivity index (χ4n) is 7.15. The number of imidazole rings is 2. The van der Waals surface area contributed by atoms with Gasteiger partial charge in [0.1, 0.15) is 23.8 Å². The lowest BCUT2D eigenvalue weighted by Crippen LogP contribution is -2.24. The number of ether oxygens (including phenoxy) is 4. The summed E-state index contributed by atoms with van der Waals surface area (Å²) in [5.74, 6) is -3.77. The normalized spacial score (nSPS) is 18.1. The zero-order chi connectivity index (χ0) is 43.9. The van der Waals surface area contributed by atoms with Crippen LogP contribution in [0.2, 0.25) is 0 Å². The first-order chi connectivity index (χ1) is 28.6. The van der Waals surface area contributed by atoms with Gasteiger partial charge in [-0.05, 0) is 62.1 Å². The molecule has 2 aromatic carbocycles. The molecule has 16 nitrogen and oxygen atoms in total.